The molecule has 0 aliphatic carbocycles. The number of hydrogen-bond donors (Lipinski definition) is 2. The molecule has 2 aromatic heterocycles. The monoisotopic (exact) mass is 494 g/mol. The Labute approximate surface area is 200 Å². The number of aliphatic hydroxyl groups excluding tert-OH is 2. The van der Waals surface area contributed by atoms with E-state index in [9.17, 15) is 14.8 Å². The summed E-state index contributed by atoms with van der Waals surface area (Å²) in [6.45, 7) is 9.71. The molecule has 1 saturated heterocycles. The Kier molecular flexibility index (Phi) is 7.04. The summed E-state index contributed by atoms with van der Waals surface area (Å²) in [5.74, 6) is 1.35. The maximum absolute atomic E-state index is 12.8. The molecule has 2 aromatic rings. The van der Waals surface area contributed by atoms with Crippen LogP contribution >= 0.6 is 8.03 Å². The summed E-state index contributed by atoms with van der Waals surface area (Å²) < 4.78 is 28.6. The van der Waals surface area contributed by atoms with Crippen LogP contribution in [0, 0.1) is 0 Å². The van der Waals surface area contributed by atoms with Gasteiger partial charge in [-0.1, -0.05) is 25.8 Å². The smallest absolute Gasteiger partial charge is 0.387 e. The average Bonchev–Trinajstić information content (AvgIpc) is 3.32. The van der Waals surface area contributed by atoms with Crippen molar-refractivity contribution in [3.8, 4) is 0 Å². The van der Waals surface area contributed by atoms with E-state index in [1.54, 1.807) is 15.9 Å². The maximum atomic E-state index is 12.8. The van der Waals surface area contributed by atoms with Gasteiger partial charge in [0.05, 0.1) is 6.10 Å². The van der Waals surface area contributed by atoms with E-state index in [1.807, 2.05) is 46.2 Å². The molecule has 34 heavy (non-hydrogen) atoms. The van der Waals surface area contributed by atoms with Crippen LogP contribution in [0.1, 0.15) is 66.5 Å². The molecule has 2 N–H and O–H groups in total. The summed E-state index contributed by atoms with van der Waals surface area (Å²) in [6.07, 6.45) is 1.75. The van der Waals surface area contributed by atoms with Crippen molar-refractivity contribution in [3.05, 3.63) is 12.7 Å². The van der Waals surface area contributed by atoms with Crippen molar-refractivity contribution in [2.75, 3.05) is 12.1 Å². The van der Waals surface area contributed by atoms with Crippen molar-refractivity contribution in [2.45, 2.75) is 96.1 Å². The highest BCUT2D eigenvalue weighted by atomic mass is 31.1. The van der Waals surface area contributed by atoms with Gasteiger partial charge in [0.15, 0.2) is 30.0 Å². The molecule has 186 valence electrons. The lowest BCUT2D eigenvalue weighted by atomic mass is 9.93. The van der Waals surface area contributed by atoms with Gasteiger partial charge in [-0.05, 0) is 30.8 Å². The van der Waals surface area contributed by atoms with E-state index < -0.39 is 38.2 Å². The predicted molar refractivity (Wildman–Crippen MR) is 127 cm³/mol. The van der Waals surface area contributed by atoms with Crippen LogP contribution in [-0.2, 0) is 13.8 Å². The summed E-state index contributed by atoms with van der Waals surface area (Å²) in [7, 11) is -0.0496. The molecule has 0 aromatic carbocycles. The molecule has 0 bridgehead atoms. The Bertz CT molecular complexity index is 1100. The van der Waals surface area contributed by atoms with E-state index in [0.717, 1.165) is 24.2 Å². The van der Waals surface area contributed by atoms with E-state index >= 15 is 0 Å². The third kappa shape index (κ3) is 4.24. The van der Waals surface area contributed by atoms with Gasteiger partial charge in [-0.2, -0.15) is 4.98 Å². The van der Waals surface area contributed by atoms with Crippen LogP contribution in [0.25, 0.3) is 11.2 Å². The predicted octanol–water partition coefficient (Wildman–Crippen LogP) is 2.48. The van der Waals surface area contributed by atoms with Crippen molar-refractivity contribution < 1.29 is 28.6 Å². The SMILES string of the molecule is CCC(CC)[P+](=O)OC(C)(CC)C[C@H]1OC([n+]2cn3c4c(ncnc42)N(C)N=C3C)[C@H](O)[C@@H]1O. The molecule has 0 radical (unpaired) electrons. The molecule has 4 rings (SSSR count). The number of aliphatic hydroxyl groups is 2. The van der Waals surface area contributed by atoms with Crippen LogP contribution in [0.5, 0.6) is 0 Å². The van der Waals surface area contributed by atoms with Gasteiger partial charge in [-0.25, -0.2) is 14.1 Å². The molecule has 12 heteroatoms. The second kappa shape index (κ2) is 9.54. The Hall–Kier alpha value is -2.04. The molecule has 0 spiro atoms. The number of imidazole rings is 1. The molecule has 0 saturated carbocycles. The Balaban J connectivity index is 1.60. The van der Waals surface area contributed by atoms with E-state index in [0.29, 0.717) is 24.3 Å². The fourth-order valence-corrected chi connectivity index (χ4v) is 6.04. The molecular formula is C22H35N6O5P+2. The average molecular weight is 495 g/mol. The lowest BCUT2D eigenvalue weighted by molar-refractivity contribution is -0.745. The molecule has 4 heterocycles. The van der Waals surface area contributed by atoms with Gasteiger partial charge in [0.25, 0.3) is 0 Å². The van der Waals surface area contributed by atoms with Gasteiger partial charge in [0.2, 0.25) is 11.7 Å². The van der Waals surface area contributed by atoms with Crippen molar-refractivity contribution >= 4 is 30.8 Å². The van der Waals surface area contributed by atoms with Crippen molar-refractivity contribution in [1.82, 2.24) is 14.5 Å². The van der Waals surface area contributed by atoms with Crippen molar-refractivity contribution in [3.63, 3.8) is 0 Å². The van der Waals surface area contributed by atoms with Gasteiger partial charge >= 0.3 is 13.7 Å². The summed E-state index contributed by atoms with van der Waals surface area (Å²) in [5.41, 5.74) is 0.533. The number of hydrazone groups is 1. The third-order valence-corrected chi connectivity index (χ3v) is 8.95. The summed E-state index contributed by atoms with van der Waals surface area (Å²) in [4.78, 5) is 8.76. The quantitative estimate of drug-likeness (QED) is 0.402. The fourth-order valence-electron chi connectivity index (χ4n) is 4.66. The molecule has 2 aliphatic heterocycles. The van der Waals surface area contributed by atoms with E-state index in [-0.39, 0.29) is 5.66 Å². The second-order valence-electron chi connectivity index (χ2n) is 9.33. The second-order valence-corrected chi connectivity index (χ2v) is 10.8. The van der Waals surface area contributed by atoms with Crippen LogP contribution in [0.2, 0.25) is 0 Å². The van der Waals surface area contributed by atoms with E-state index in [2.05, 4.69) is 15.1 Å². The molecule has 3 unspecified atom stereocenters. The third-order valence-electron chi connectivity index (χ3n) is 7.00. The largest absolute Gasteiger partial charge is 0.511 e. The Morgan fingerprint density at radius 2 is 1.97 bits per heavy atom. The first kappa shape index (κ1) is 25.1. The maximum Gasteiger partial charge on any atom is 0.511 e. The molecule has 0 amide bonds. The molecule has 1 fully saturated rings. The lowest BCUT2D eigenvalue weighted by Crippen LogP contribution is -2.46. The molecule has 2 aliphatic rings. The van der Waals surface area contributed by atoms with Crippen LogP contribution in [0.4, 0.5) is 5.82 Å². The van der Waals surface area contributed by atoms with E-state index in [4.69, 9.17) is 9.26 Å². The number of anilines is 1. The van der Waals surface area contributed by atoms with E-state index in [1.165, 1.54) is 6.33 Å². The number of ether oxygens (including phenoxy) is 1. The zero-order valence-electron chi connectivity index (χ0n) is 20.6. The number of aromatic nitrogens is 4. The fraction of sp³-hybridized carbons (Fsp3) is 0.727. The topological polar surface area (TPSA) is 126 Å². The van der Waals surface area contributed by atoms with Crippen molar-refractivity contribution in [2.24, 2.45) is 5.10 Å². The minimum Gasteiger partial charge on any atom is -0.387 e. The first-order chi connectivity index (χ1) is 16.1. The highest BCUT2D eigenvalue weighted by Crippen LogP contribution is 2.43. The van der Waals surface area contributed by atoms with Gasteiger partial charge in [0, 0.05) is 20.4 Å². The lowest BCUT2D eigenvalue weighted by Gasteiger charge is -2.27. The standard InChI is InChI=1S/C22H35N6O5P/c1-7-14(8-2)34(31)33-22(5,9-3)10-15-17(29)18(30)21(32-15)28-12-27-13(4)25-26(6)19-16(27)20(28)24-11-23-19/h11-12,14-15,17-18,21,29-30H,7-10H2,1-6H3/q+2/t15-,17-,18-,21?,22?/m1/s1. The highest BCUT2D eigenvalue weighted by Gasteiger charge is 2.51. The molecule has 11 nitrogen and oxygen atoms in total. The summed E-state index contributed by atoms with van der Waals surface area (Å²) in [6, 6.07) is 0. The zero-order valence-corrected chi connectivity index (χ0v) is 21.5. The van der Waals surface area contributed by atoms with Crippen LogP contribution in [0.3, 0.4) is 0 Å². The number of hydrogen-bond acceptors (Lipinski definition) is 9. The Morgan fingerprint density at radius 1 is 1.26 bits per heavy atom. The number of nitrogens with zero attached hydrogens (tertiary/aromatic N) is 6. The van der Waals surface area contributed by atoms with Crippen LogP contribution in [0.15, 0.2) is 17.8 Å². The van der Waals surface area contributed by atoms with Gasteiger partial charge in [-0.15, -0.1) is 9.63 Å². The highest BCUT2D eigenvalue weighted by molar-refractivity contribution is 7.40. The van der Waals surface area contributed by atoms with Crippen molar-refractivity contribution in [1.29, 1.82) is 0 Å². The molecule has 6 atom stereocenters. The minimum atomic E-state index is -1.86. The van der Waals surface area contributed by atoms with Crippen LogP contribution in [-0.4, -0.2) is 67.2 Å². The minimum absolute atomic E-state index is 0.0123. The first-order valence-corrected chi connectivity index (χ1v) is 13.1. The van der Waals surface area contributed by atoms with Gasteiger partial charge in [-0.3, -0.25) is 0 Å². The first-order valence-electron chi connectivity index (χ1n) is 11.9. The molecular weight excluding hydrogens is 459 g/mol. The zero-order chi connectivity index (χ0) is 24.8. The van der Waals surface area contributed by atoms with Crippen LogP contribution < -0.4 is 9.58 Å². The summed E-state index contributed by atoms with van der Waals surface area (Å²) in [5, 5.41) is 28.0. The Morgan fingerprint density at radius 3 is 2.62 bits per heavy atom. The normalized spacial score (nSPS) is 26.8. The van der Waals surface area contributed by atoms with Gasteiger partial charge < -0.3 is 14.9 Å². The van der Waals surface area contributed by atoms with Gasteiger partial charge in [0.1, 0.15) is 17.8 Å². The summed E-state index contributed by atoms with van der Waals surface area (Å²) >= 11 is 0. The number of rotatable bonds is 9.